The molecule has 0 bridgehead atoms. The Morgan fingerprint density at radius 2 is 1.72 bits per heavy atom. The number of sulfone groups is 1. The lowest BCUT2D eigenvalue weighted by atomic mass is 9.99. The summed E-state index contributed by atoms with van der Waals surface area (Å²) in [5.41, 5.74) is 12.5. The van der Waals surface area contributed by atoms with Gasteiger partial charge in [0.05, 0.1) is 35.0 Å². The minimum absolute atomic E-state index is 0.168. The van der Waals surface area contributed by atoms with Crippen molar-refractivity contribution in [1.82, 2.24) is 25.1 Å². The summed E-state index contributed by atoms with van der Waals surface area (Å²) in [6, 6.07) is 24.2. The van der Waals surface area contributed by atoms with Gasteiger partial charge in [-0.15, -0.1) is 0 Å². The van der Waals surface area contributed by atoms with Gasteiger partial charge in [0.1, 0.15) is 16.9 Å². The highest BCUT2D eigenvalue weighted by Gasteiger charge is 2.21. The largest absolute Gasteiger partial charge is 0.353 e. The monoisotopic (exact) mass is 631 g/mol. The zero-order chi connectivity index (χ0) is 32.0. The van der Waals surface area contributed by atoms with Crippen LogP contribution in [0.15, 0.2) is 104 Å². The van der Waals surface area contributed by atoms with E-state index in [9.17, 15) is 17.6 Å². The van der Waals surface area contributed by atoms with E-state index in [2.05, 4.69) is 30.5 Å². The number of halogens is 1. The quantitative estimate of drug-likeness (QED) is 0.162. The highest BCUT2D eigenvalue weighted by atomic mass is 32.2. The number of hydrogen-bond donors (Lipinski definition) is 4. The number of carbonyl (C=O) groups is 1. The number of H-pyrrole nitrogens is 2. The Morgan fingerprint density at radius 3 is 2.52 bits per heavy atom. The third-order valence-corrected chi connectivity index (χ3v) is 8.91. The minimum atomic E-state index is -3.64. The van der Waals surface area contributed by atoms with E-state index >= 15 is 0 Å². The van der Waals surface area contributed by atoms with Crippen molar-refractivity contribution in [3.05, 3.63) is 120 Å². The Morgan fingerprint density at radius 1 is 0.891 bits per heavy atom. The maximum atomic E-state index is 14.7. The van der Waals surface area contributed by atoms with Crippen LogP contribution in [0.2, 0.25) is 0 Å². The maximum absolute atomic E-state index is 14.7. The number of nitrogens with two attached hydrogens (primary N) is 1. The average Bonchev–Trinajstić information content (AvgIpc) is 3.68. The normalized spacial score (nSPS) is 12.4. The minimum Gasteiger partial charge on any atom is -0.353 e. The number of nitrogens with one attached hydrogen (secondary N) is 3. The lowest BCUT2D eigenvalue weighted by Gasteiger charge is -2.12. The maximum Gasteiger partial charge on any atom is 0.255 e. The fourth-order valence-corrected chi connectivity index (χ4v) is 6.07. The van der Waals surface area contributed by atoms with Gasteiger partial charge in [0.15, 0.2) is 9.84 Å². The summed E-state index contributed by atoms with van der Waals surface area (Å²) >= 11 is 0. The molecule has 10 nitrogen and oxygen atoms in total. The van der Waals surface area contributed by atoms with Gasteiger partial charge in [-0.05, 0) is 71.3 Å². The van der Waals surface area contributed by atoms with Crippen LogP contribution in [-0.2, 0) is 9.84 Å². The number of rotatable bonds is 7. The van der Waals surface area contributed by atoms with E-state index in [4.69, 9.17) is 5.73 Å². The third kappa shape index (κ3) is 5.51. The van der Waals surface area contributed by atoms with E-state index in [0.29, 0.717) is 50.5 Å². The molecule has 0 fully saturated rings. The number of aromatic amines is 2. The van der Waals surface area contributed by atoms with Crippen LogP contribution in [0.1, 0.15) is 21.3 Å². The van der Waals surface area contributed by atoms with Gasteiger partial charge in [-0.2, -0.15) is 5.10 Å². The zero-order valence-electron chi connectivity index (χ0n) is 24.3. The van der Waals surface area contributed by atoms with Gasteiger partial charge in [0, 0.05) is 39.9 Å². The SMILES string of the molecule is CS(=O)(=O)C(N)c1cc(F)cc(-c2cccc3[nH]c(-c4n[nH]c5cnc(-c6cncc(NC(=O)c7ccccc7)c6)cc45)cc23)c1. The van der Waals surface area contributed by atoms with Crippen molar-refractivity contribution >= 4 is 43.2 Å². The molecule has 4 heterocycles. The van der Waals surface area contributed by atoms with Gasteiger partial charge < -0.3 is 16.0 Å². The first kappa shape index (κ1) is 29.0. The van der Waals surface area contributed by atoms with Crippen LogP contribution in [0.25, 0.3) is 55.6 Å². The van der Waals surface area contributed by atoms with Crippen molar-refractivity contribution in [1.29, 1.82) is 0 Å². The smallest absolute Gasteiger partial charge is 0.255 e. The molecule has 7 aromatic rings. The van der Waals surface area contributed by atoms with Crippen molar-refractivity contribution < 1.29 is 17.6 Å². The van der Waals surface area contributed by atoms with Crippen LogP contribution in [-0.4, -0.2) is 45.7 Å². The van der Waals surface area contributed by atoms with Crippen molar-refractivity contribution in [3.8, 4) is 33.8 Å². The number of aromatic nitrogens is 5. The Labute approximate surface area is 262 Å². The molecule has 228 valence electrons. The molecule has 1 atom stereocenters. The van der Waals surface area contributed by atoms with Crippen molar-refractivity contribution in [2.45, 2.75) is 5.37 Å². The van der Waals surface area contributed by atoms with Gasteiger partial charge in [0.25, 0.3) is 5.91 Å². The predicted molar refractivity (Wildman–Crippen MR) is 176 cm³/mol. The van der Waals surface area contributed by atoms with Gasteiger partial charge in [-0.1, -0.05) is 30.3 Å². The van der Waals surface area contributed by atoms with E-state index in [0.717, 1.165) is 28.6 Å². The van der Waals surface area contributed by atoms with Gasteiger partial charge in [-0.25, -0.2) is 12.8 Å². The average molecular weight is 632 g/mol. The molecule has 46 heavy (non-hydrogen) atoms. The van der Waals surface area contributed by atoms with Crippen LogP contribution in [0.4, 0.5) is 10.1 Å². The van der Waals surface area contributed by atoms with Crippen LogP contribution < -0.4 is 11.1 Å². The molecular weight excluding hydrogens is 605 g/mol. The molecule has 3 aromatic carbocycles. The molecule has 4 aromatic heterocycles. The molecule has 0 aliphatic heterocycles. The predicted octanol–water partition coefficient (Wildman–Crippen LogP) is 6.23. The molecule has 0 saturated carbocycles. The number of hydrogen-bond acceptors (Lipinski definition) is 7. The van der Waals surface area contributed by atoms with Crippen molar-refractivity contribution in [2.24, 2.45) is 5.73 Å². The van der Waals surface area contributed by atoms with E-state index in [1.54, 1.807) is 55.0 Å². The van der Waals surface area contributed by atoms with Gasteiger partial charge in [-0.3, -0.25) is 19.9 Å². The summed E-state index contributed by atoms with van der Waals surface area (Å²) < 4.78 is 38.9. The fraction of sp³-hybridized carbons (Fsp3) is 0.0588. The zero-order valence-corrected chi connectivity index (χ0v) is 25.1. The number of nitrogens with zero attached hydrogens (tertiary/aromatic N) is 3. The second kappa shape index (κ2) is 11.3. The van der Waals surface area contributed by atoms with E-state index in [1.165, 1.54) is 6.07 Å². The molecule has 0 spiro atoms. The van der Waals surface area contributed by atoms with Crippen molar-refractivity contribution in [3.63, 3.8) is 0 Å². The second-order valence-corrected chi connectivity index (χ2v) is 13.1. The molecule has 7 rings (SSSR count). The molecule has 1 unspecified atom stereocenters. The summed E-state index contributed by atoms with van der Waals surface area (Å²) in [4.78, 5) is 25.0. The topological polar surface area (TPSA) is 160 Å². The third-order valence-electron chi connectivity index (χ3n) is 7.72. The van der Waals surface area contributed by atoms with E-state index in [1.807, 2.05) is 36.4 Å². The van der Waals surface area contributed by atoms with E-state index < -0.39 is 21.0 Å². The number of pyridine rings is 2. The molecule has 0 aliphatic rings. The number of anilines is 1. The molecule has 1 amide bonds. The molecule has 12 heteroatoms. The molecule has 0 saturated heterocycles. The number of fused-ring (bicyclic) bond motifs is 2. The highest BCUT2D eigenvalue weighted by molar-refractivity contribution is 7.90. The van der Waals surface area contributed by atoms with Crippen LogP contribution in [0.5, 0.6) is 0 Å². The van der Waals surface area contributed by atoms with Crippen molar-refractivity contribution in [2.75, 3.05) is 11.6 Å². The standard InChI is InChI=1S/C34H26FN7O3S/c1-46(44,45)33(36)21-10-20(11-23(35)12-21)25-8-5-9-28-26(25)14-30(40-28)32-27-15-29(38-18-31(27)41-42-32)22-13-24(17-37-16-22)39-34(43)19-6-3-2-4-7-19/h2-18,33,40H,36H2,1H3,(H,39,43)(H,41,42). The molecule has 0 radical (unpaired) electrons. The number of amides is 1. The Bertz CT molecular complexity index is 2390. The van der Waals surface area contributed by atoms with Crippen LogP contribution in [0, 0.1) is 5.82 Å². The van der Waals surface area contributed by atoms with Crippen LogP contribution >= 0.6 is 0 Å². The summed E-state index contributed by atoms with van der Waals surface area (Å²) in [6.07, 6.45) is 5.95. The molecule has 0 aliphatic carbocycles. The Hall–Kier alpha value is -5.72. The Balaban J connectivity index is 1.25. The fourth-order valence-electron chi connectivity index (χ4n) is 5.43. The molecule has 5 N–H and O–H groups in total. The number of benzene rings is 3. The Kier molecular flexibility index (Phi) is 7.15. The van der Waals surface area contributed by atoms with Gasteiger partial charge in [0.2, 0.25) is 0 Å². The molecular formula is C34H26FN7O3S. The first-order valence-electron chi connectivity index (χ1n) is 14.2. The lowest BCUT2D eigenvalue weighted by molar-refractivity contribution is 0.102. The second-order valence-electron chi connectivity index (χ2n) is 10.9. The highest BCUT2D eigenvalue weighted by Crippen LogP contribution is 2.36. The lowest BCUT2D eigenvalue weighted by Crippen LogP contribution is -2.20. The summed E-state index contributed by atoms with van der Waals surface area (Å²) in [6.45, 7) is 0. The first-order chi connectivity index (χ1) is 22.1. The first-order valence-corrected chi connectivity index (χ1v) is 16.1. The van der Waals surface area contributed by atoms with Crippen LogP contribution in [0.3, 0.4) is 0 Å². The summed E-state index contributed by atoms with van der Waals surface area (Å²) in [5, 5.41) is 10.7. The van der Waals surface area contributed by atoms with E-state index in [-0.39, 0.29) is 11.5 Å². The number of carbonyl (C=O) groups excluding carboxylic acids is 1. The van der Waals surface area contributed by atoms with Gasteiger partial charge >= 0.3 is 0 Å². The summed E-state index contributed by atoms with van der Waals surface area (Å²) in [5.74, 6) is -0.832. The summed E-state index contributed by atoms with van der Waals surface area (Å²) in [7, 11) is -3.64.